The summed E-state index contributed by atoms with van der Waals surface area (Å²) >= 11 is 8.14. The molecule has 26 heavy (non-hydrogen) atoms. The molecule has 0 saturated heterocycles. The second kappa shape index (κ2) is 8.05. The van der Waals surface area contributed by atoms with Crippen LogP contribution in [0.4, 0.5) is 10.1 Å². The fourth-order valence-corrected chi connectivity index (χ4v) is 2.90. The number of benzene rings is 2. The van der Waals surface area contributed by atoms with Crippen LogP contribution in [0.3, 0.4) is 0 Å². The van der Waals surface area contributed by atoms with E-state index in [1.165, 1.54) is 24.3 Å². The van der Waals surface area contributed by atoms with Gasteiger partial charge in [-0.2, -0.15) is 0 Å². The van der Waals surface area contributed by atoms with Crippen LogP contribution in [-0.4, -0.2) is 5.91 Å². The van der Waals surface area contributed by atoms with Crippen molar-refractivity contribution in [3.8, 4) is 11.3 Å². The third-order valence-electron chi connectivity index (χ3n) is 3.67. The molecule has 0 bridgehead atoms. The Hall–Kier alpha value is -2.12. The third-order valence-corrected chi connectivity index (χ3v) is 4.75. The molecule has 0 aliphatic rings. The number of amides is 1. The molecule has 1 aromatic heterocycles. The third kappa shape index (κ3) is 4.53. The smallest absolute Gasteiger partial charge is 0.248 e. The average molecular weight is 482 g/mol. The van der Waals surface area contributed by atoms with Crippen LogP contribution in [0.5, 0.6) is 0 Å². The zero-order valence-corrected chi connectivity index (χ0v) is 16.6. The molecule has 3 nitrogen and oxygen atoms in total. The standard InChI is InChI=1S/C20H14ClFINO2/c1-12-2-3-13(10-16(12)21)19-8-5-15(26-19)6-9-20(25)24-18-7-4-14(23)11-17(18)22/h2-11H,1H3,(H,24,25)/b9-6+. The molecule has 3 rings (SSSR count). The van der Waals surface area contributed by atoms with Crippen LogP contribution in [0.25, 0.3) is 17.4 Å². The van der Waals surface area contributed by atoms with Gasteiger partial charge in [-0.3, -0.25) is 4.79 Å². The van der Waals surface area contributed by atoms with E-state index in [9.17, 15) is 9.18 Å². The number of nitrogens with one attached hydrogen (secondary N) is 1. The van der Waals surface area contributed by atoms with Crippen LogP contribution >= 0.6 is 34.2 Å². The molecule has 0 saturated carbocycles. The van der Waals surface area contributed by atoms with Crippen LogP contribution in [0, 0.1) is 16.3 Å². The zero-order valence-electron chi connectivity index (χ0n) is 13.7. The first-order chi connectivity index (χ1) is 12.4. The van der Waals surface area contributed by atoms with Gasteiger partial charge in [0, 0.05) is 20.2 Å². The number of hydrogen-bond donors (Lipinski definition) is 1. The highest BCUT2D eigenvalue weighted by Gasteiger charge is 2.07. The second-order valence-corrected chi connectivity index (χ2v) is 7.27. The number of aryl methyl sites for hydroxylation is 1. The molecule has 6 heteroatoms. The van der Waals surface area contributed by atoms with Gasteiger partial charge in [0.25, 0.3) is 0 Å². The monoisotopic (exact) mass is 481 g/mol. The van der Waals surface area contributed by atoms with Gasteiger partial charge in [0.2, 0.25) is 5.91 Å². The van der Waals surface area contributed by atoms with E-state index >= 15 is 0 Å². The molecule has 2 aromatic carbocycles. The minimum absolute atomic E-state index is 0.134. The highest BCUT2D eigenvalue weighted by atomic mass is 127. The van der Waals surface area contributed by atoms with Crippen LogP contribution in [-0.2, 0) is 4.79 Å². The lowest BCUT2D eigenvalue weighted by atomic mass is 10.1. The molecule has 3 aromatic rings. The van der Waals surface area contributed by atoms with E-state index in [1.807, 2.05) is 47.7 Å². The van der Waals surface area contributed by atoms with Gasteiger partial charge in [-0.1, -0.05) is 23.7 Å². The number of halogens is 3. The molecular formula is C20H14ClFINO2. The van der Waals surface area contributed by atoms with Crippen LogP contribution in [0.2, 0.25) is 5.02 Å². The van der Waals surface area contributed by atoms with E-state index in [4.69, 9.17) is 16.0 Å². The molecule has 1 N–H and O–H groups in total. The number of carbonyl (C=O) groups excluding carboxylic acids is 1. The van der Waals surface area contributed by atoms with Crippen molar-refractivity contribution < 1.29 is 13.6 Å². The Labute approximate surface area is 169 Å². The van der Waals surface area contributed by atoms with Crippen molar-refractivity contribution in [1.29, 1.82) is 0 Å². The maximum atomic E-state index is 13.8. The Balaban J connectivity index is 1.69. The van der Waals surface area contributed by atoms with E-state index < -0.39 is 11.7 Å². The molecule has 0 aliphatic heterocycles. The highest BCUT2D eigenvalue weighted by Crippen LogP contribution is 2.27. The lowest BCUT2D eigenvalue weighted by Crippen LogP contribution is -2.09. The topological polar surface area (TPSA) is 42.2 Å². The Morgan fingerprint density at radius 2 is 2.00 bits per heavy atom. The molecule has 0 spiro atoms. The van der Waals surface area contributed by atoms with E-state index in [1.54, 1.807) is 18.2 Å². The van der Waals surface area contributed by atoms with E-state index in [0.717, 1.165) is 14.7 Å². The van der Waals surface area contributed by atoms with Crippen molar-refractivity contribution in [3.63, 3.8) is 0 Å². The summed E-state index contributed by atoms with van der Waals surface area (Å²) in [5.74, 6) is 0.238. The van der Waals surface area contributed by atoms with E-state index in [-0.39, 0.29) is 5.69 Å². The van der Waals surface area contributed by atoms with Crippen LogP contribution in [0.1, 0.15) is 11.3 Å². The lowest BCUT2D eigenvalue weighted by molar-refractivity contribution is -0.111. The Kier molecular flexibility index (Phi) is 5.78. The van der Waals surface area contributed by atoms with E-state index in [2.05, 4.69) is 5.32 Å². The molecule has 0 radical (unpaired) electrons. The average Bonchev–Trinajstić information content (AvgIpc) is 3.07. The SMILES string of the molecule is Cc1ccc(-c2ccc(/C=C/C(=O)Nc3ccc(I)cc3F)o2)cc1Cl. The Bertz CT molecular complexity index is 997. The normalized spacial score (nSPS) is 11.1. The summed E-state index contributed by atoms with van der Waals surface area (Å²) in [4.78, 5) is 12.0. The quantitative estimate of drug-likeness (QED) is 0.351. The van der Waals surface area contributed by atoms with Crippen LogP contribution < -0.4 is 5.32 Å². The summed E-state index contributed by atoms with van der Waals surface area (Å²) in [5, 5.41) is 3.16. The van der Waals surface area contributed by atoms with Gasteiger partial charge in [-0.05, 0) is 77.6 Å². The number of carbonyl (C=O) groups is 1. The fourth-order valence-electron chi connectivity index (χ4n) is 2.27. The van der Waals surface area contributed by atoms with Gasteiger partial charge >= 0.3 is 0 Å². The van der Waals surface area contributed by atoms with Crippen molar-refractivity contribution in [3.05, 3.63) is 80.3 Å². The van der Waals surface area contributed by atoms with Gasteiger partial charge in [0.15, 0.2) is 0 Å². The van der Waals surface area contributed by atoms with Gasteiger partial charge in [0.05, 0.1) is 5.69 Å². The molecule has 1 heterocycles. The maximum Gasteiger partial charge on any atom is 0.248 e. The first-order valence-corrected chi connectivity index (χ1v) is 9.18. The van der Waals surface area contributed by atoms with Crippen LogP contribution in [0.15, 0.2) is 59.0 Å². The molecule has 0 atom stereocenters. The molecule has 132 valence electrons. The van der Waals surface area contributed by atoms with Gasteiger partial charge in [-0.25, -0.2) is 4.39 Å². The van der Waals surface area contributed by atoms with Crippen molar-refractivity contribution in [2.45, 2.75) is 6.92 Å². The maximum absolute atomic E-state index is 13.8. The fraction of sp³-hybridized carbons (Fsp3) is 0.0500. The lowest BCUT2D eigenvalue weighted by Gasteiger charge is -2.03. The molecule has 0 fully saturated rings. The Morgan fingerprint density at radius 1 is 1.19 bits per heavy atom. The Morgan fingerprint density at radius 3 is 2.73 bits per heavy atom. The summed E-state index contributed by atoms with van der Waals surface area (Å²) in [5.41, 5.74) is 1.97. The van der Waals surface area contributed by atoms with Crippen molar-refractivity contribution in [2.75, 3.05) is 5.32 Å². The number of anilines is 1. The van der Waals surface area contributed by atoms with Gasteiger partial charge in [0.1, 0.15) is 17.3 Å². The second-order valence-electron chi connectivity index (χ2n) is 5.61. The highest BCUT2D eigenvalue weighted by molar-refractivity contribution is 14.1. The molecule has 0 unspecified atom stereocenters. The summed E-state index contributed by atoms with van der Waals surface area (Å²) < 4.78 is 20.2. The summed E-state index contributed by atoms with van der Waals surface area (Å²) in [6.07, 6.45) is 2.82. The number of rotatable bonds is 4. The predicted molar refractivity (Wildman–Crippen MR) is 111 cm³/mol. The van der Waals surface area contributed by atoms with Crippen molar-refractivity contribution in [2.24, 2.45) is 0 Å². The zero-order chi connectivity index (χ0) is 18.7. The summed E-state index contributed by atoms with van der Waals surface area (Å²) in [6.45, 7) is 1.93. The number of hydrogen-bond acceptors (Lipinski definition) is 2. The predicted octanol–water partition coefficient (Wildman–Crippen LogP) is 6.30. The van der Waals surface area contributed by atoms with E-state index in [0.29, 0.717) is 16.5 Å². The largest absolute Gasteiger partial charge is 0.457 e. The first-order valence-electron chi connectivity index (χ1n) is 7.73. The molecule has 1 amide bonds. The van der Waals surface area contributed by atoms with Gasteiger partial charge < -0.3 is 9.73 Å². The minimum Gasteiger partial charge on any atom is -0.457 e. The summed E-state index contributed by atoms with van der Waals surface area (Å²) in [7, 11) is 0. The van der Waals surface area contributed by atoms with Crippen molar-refractivity contribution in [1.82, 2.24) is 0 Å². The summed E-state index contributed by atoms with van der Waals surface area (Å²) in [6, 6.07) is 13.8. The first kappa shape index (κ1) is 18.7. The van der Waals surface area contributed by atoms with Crippen molar-refractivity contribution >= 4 is 51.9 Å². The minimum atomic E-state index is -0.477. The molecule has 0 aliphatic carbocycles. The molecular weight excluding hydrogens is 468 g/mol. The van der Waals surface area contributed by atoms with Gasteiger partial charge in [-0.15, -0.1) is 0 Å². The number of furan rings is 1.